The molecule has 1 aromatic heterocycles. The molecule has 0 fully saturated rings. The van der Waals surface area contributed by atoms with Crippen molar-refractivity contribution in [1.82, 2.24) is 9.78 Å². The monoisotopic (exact) mass is 293 g/mol. The standard InChI is InChI=1S/C12H12BrN3O/c1-8-3-4-9(7-10(8)13)12(17)14-11-5-6-16(2)15-11/h3-7H,1-2H3,(H,14,15,17). The maximum Gasteiger partial charge on any atom is 0.256 e. The summed E-state index contributed by atoms with van der Waals surface area (Å²) in [5.41, 5.74) is 1.70. The van der Waals surface area contributed by atoms with Gasteiger partial charge in [-0.05, 0) is 24.6 Å². The number of carbonyl (C=O) groups excluding carboxylic acids is 1. The van der Waals surface area contributed by atoms with E-state index in [1.807, 2.05) is 13.0 Å². The lowest BCUT2D eigenvalue weighted by atomic mass is 10.1. The minimum Gasteiger partial charge on any atom is -0.305 e. The van der Waals surface area contributed by atoms with E-state index >= 15 is 0 Å². The van der Waals surface area contributed by atoms with E-state index in [4.69, 9.17) is 0 Å². The average molecular weight is 294 g/mol. The van der Waals surface area contributed by atoms with Gasteiger partial charge in [-0.15, -0.1) is 0 Å². The second kappa shape index (κ2) is 4.71. The summed E-state index contributed by atoms with van der Waals surface area (Å²) >= 11 is 3.40. The Morgan fingerprint density at radius 2 is 2.18 bits per heavy atom. The molecule has 1 N–H and O–H groups in total. The molecule has 0 saturated carbocycles. The first-order valence-electron chi connectivity index (χ1n) is 5.13. The smallest absolute Gasteiger partial charge is 0.256 e. The molecule has 5 heteroatoms. The van der Waals surface area contributed by atoms with Gasteiger partial charge in [0.15, 0.2) is 5.82 Å². The molecule has 2 rings (SSSR count). The maximum absolute atomic E-state index is 11.9. The van der Waals surface area contributed by atoms with Gasteiger partial charge >= 0.3 is 0 Å². The fourth-order valence-corrected chi connectivity index (χ4v) is 1.78. The topological polar surface area (TPSA) is 46.9 Å². The molecule has 88 valence electrons. The van der Waals surface area contributed by atoms with E-state index < -0.39 is 0 Å². The molecular weight excluding hydrogens is 282 g/mol. The molecule has 0 aliphatic carbocycles. The summed E-state index contributed by atoms with van der Waals surface area (Å²) in [4.78, 5) is 11.9. The molecule has 0 aliphatic heterocycles. The van der Waals surface area contributed by atoms with Gasteiger partial charge in [-0.25, -0.2) is 0 Å². The molecule has 0 saturated heterocycles. The Hall–Kier alpha value is -1.62. The van der Waals surface area contributed by atoms with Crippen LogP contribution < -0.4 is 5.32 Å². The fourth-order valence-electron chi connectivity index (χ4n) is 1.40. The molecule has 0 unspecified atom stereocenters. The molecule has 2 aromatic rings. The number of nitrogens with zero attached hydrogens (tertiary/aromatic N) is 2. The van der Waals surface area contributed by atoms with Crippen LogP contribution in [0.5, 0.6) is 0 Å². The Labute approximate surface area is 108 Å². The van der Waals surface area contributed by atoms with Gasteiger partial charge in [0, 0.05) is 29.3 Å². The second-order valence-corrected chi connectivity index (χ2v) is 4.65. The molecule has 0 radical (unpaired) electrons. The van der Waals surface area contributed by atoms with Gasteiger partial charge in [0.2, 0.25) is 0 Å². The summed E-state index contributed by atoms with van der Waals surface area (Å²) in [5.74, 6) is 0.388. The number of hydrogen-bond acceptors (Lipinski definition) is 2. The molecule has 0 spiro atoms. The molecule has 4 nitrogen and oxygen atoms in total. The zero-order chi connectivity index (χ0) is 12.4. The van der Waals surface area contributed by atoms with Crippen LogP contribution in [0.3, 0.4) is 0 Å². The van der Waals surface area contributed by atoms with Crippen molar-refractivity contribution in [3.05, 3.63) is 46.1 Å². The van der Waals surface area contributed by atoms with Gasteiger partial charge in [0.25, 0.3) is 5.91 Å². The van der Waals surface area contributed by atoms with Gasteiger partial charge < -0.3 is 5.32 Å². The lowest BCUT2D eigenvalue weighted by molar-refractivity contribution is 0.102. The summed E-state index contributed by atoms with van der Waals surface area (Å²) in [6.45, 7) is 1.98. The van der Waals surface area contributed by atoms with Gasteiger partial charge in [0.1, 0.15) is 0 Å². The van der Waals surface area contributed by atoms with Crippen molar-refractivity contribution in [2.24, 2.45) is 7.05 Å². The Morgan fingerprint density at radius 1 is 1.41 bits per heavy atom. The normalized spacial score (nSPS) is 10.3. The minimum absolute atomic E-state index is 0.163. The Bertz CT molecular complexity index is 563. The highest BCUT2D eigenvalue weighted by Gasteiger charge is 2.08. The van der Waals surface area contributed by atoms with Crippen molar-refractivity contribution in [1.29, 1.82) is 0 Å². The molecule has 1 heterocycles. The average Bonchev–Trinajstić information content (AvgIpc) is 2.68. The van der Waals surface area contributed by atoms with Crippen molar-refractivity contribution in [3.8, 4) is 0 Å². The number of benzene rings is 1. The third-order valence-electron chi connectivity index (χ3n) is 2.39. The maximum atomic E-state index is 11.9. The largest absolute Gasteiger partial charge is 0.305 e. The highest BCUT2D eigenvalue weighted by atomic mass is 79.9. The van der Waals surface area contributed by atoms with Gasteiger partial charge in [-0.2, -0.15) is 5.10 Å². The number of halogens is 1. The lowest BCUT2D eigenvalue weighted by Crippen LogP contribution is -2.12. The van der Waals surface area contributed by atoms with E-state index in [0.717, 1.165) is 10.0 Å². The van der Waals surface area contributed by atoms with Gasteiger partial charge in [-0.3, -0.25) is 9.48 Å². The molecule has 1 aromatic carbocycles. The van der Waals surface area contributed by atoms with E-state index in [0.29, 0.717) is 11.4 Å². The summed E-state index contributed by atoms with van der Waals surface area (Å²) in [7, 11) is 1.80. The lowest BCUT2D eigenvalue weighted by Gasteiger charge is -2.04. The van der Waals surface area contributed by atoms with Crippen LogP contribution in [-0.4, -0.2) is 15.7 Å². The van der Waals surface area contributed by atoms with Crippen LogP contribution in [0.15, 0.2) is 34.9 Å². The van der Waals surface area contributed by atoms with Crippen LogP contribution >= 0.6 is 15.9 Å². The molecule has 0 bridgehead atoms. The van der Waals surface area contributed by atoms with Crippen molar-refractivity contribution in [2.75, 3.05) is 5.32 Å². The number of aromatic nitrogens is 2. The molecule has 1 amide bonds. The Kier molecular flexibility index (Phi) is 3.28. The summed E-state index contributed by atoms with van der Waals surface area (Å²) in [5, 5.41) is 6.82. The van der Waals surface area contributed by atoms with E-state index in [-0.39, 0.29) is 5.91 Å². The minimum atomic E-state index is -0.163. The molecule has 17 heavy (non-hydrogen) atoms. The van der Waals surface area contributed by atoms with Crippen molar-refractivity contribution >= 4 is 27.7 Å². The number of carbonyl (C=O) groups is 1. The van der Waals surface area contributed by atoms with Crippen LogP contribution in [0.4, 0.5) is 5.82 Å². The highest BCUT2D eigenvalue weighted by Crippen LogP contribution is 2.18. The number of rotatable bonds is 2. The van der Waals surface area contributed by atoms with E-state index in [1.54, 1.807) is 36.1 Å². The quantitative estimate of drug-likeness (QED) is 0.925. The predicted octanol–water partition coefficient (Wildman–Crippen LogP) is 2.74. The molecular formula is C12H12BrN3O. The van der Waals surface area contributed by atoms with Crippen molar-refractivity contribution in [3.63, 3.8) is 0 Å². The zero-order valence-corrected chi connectivity index (χ0v) is 11.2. The summed E-state index contributed by atoms with van der Waals surface area (Å²) < 4.78 is 2.56. The first kappa shape index (κ1) is 11.9. The van der Waals surface area contributed by atoms with Gasteiger partial charge in [-0.1, -0.05) is 22.0 Å². The van der Waals surface area contributed by atoms with Crippen LogP contribution in [0, 0.1) is 6.92 Å². The first-order chi connectivity index (χ1) is 8.06. The number of anilines is 1. The third kappa shape index (κ3) is 2.74. The van der Waals surface area contributed by atoms with E-state index in [9.17, 15) is 4.79 Å². The van der Waals surface area contributed by atoms with Crippen LogP contribution in [-0.2, 0) is 7.05 Å². The van der Waals surface area contributed by atoms with E-state index in [1.165, 1.54) is 0 Å². The number of amides is 1. The Balaban J connectivity index is 2.17. The van der Waals surface area contributed by atoms with Crippen molar-refractivity contribution < 1.29 is 4.79 Å². The number of hydrogen-bond donors (Lipinski definition) is 1. The van der Waals surface area contributed by atoms with Crippen molar-refractivity contribution in [2.45, 2.75) is 6.92 Å². The number of aryl methyl sites for hydroxylation is 2. The SMILES string of the molecule is Cc1ccc(C(=O)Nc2ccn(C)n2)cc1Br. The van der Waals surface area contributed by atoms with E-state index in [2.05, 4.69) is 26.3 Å². The van der Waals surface area contributed by atoms with Crippen LogP contribution in [0.2, 0.25) is 0 Å². The molecule has 0 aliphatic rings. The predicted molar refractivity (Wildman–Crippen MR) is 70.0 cm³/mol. The summed E-state index contributed by atoms with van der Waals surface area (Å²) in [6.07, 6.45) is 1.78. The van der Waals surface area contributed by atoms with Crippen LogP contribution in [0.25, 0.3) is 0 Å². The summed E-state index contributed by atoms with van der Waals surface area (Å²) in [6, 6.07) is 7.24. The second-order valence-electron chi connectivity index (χ2n) is 3.79. The molecule has 0 atom stereocenters. The number of nitrogens with one attached hydrogen (secondary N) is 1. The van der Waals surface area contributed by atoms with Crippen LogP contribution in [0.1, 0.15) is 15.9 Å². The highest BCUT2D eigenvalue weighted by molar-refractivity contribution is 9.10. The fraction of sp³-hybridized carbons (Fsp3) is 0.167. The van der Waals surface area contributed by atoms with Gasteiger partial charge in [0.05, 0.1) is 0 Å². The Morgan fingerprint density at radius 3 is 2.76 bits per heavy atom. The zero-order valence-electron chi connectivity index (χ0n) is 9.57. The third-order valence-corrected chi connectivity index (χ3v) is 3.24. The first-order valence-corrected chi connectivity index (χ1v) is 5.93.